The molecule has 0 bridgehead atoms. The molecule has 1 heterocycles. The quantitative estimate of drug-likeness (QED) is 0.868. The normalized spacial score (nSPS) is 30.5. The maximum atomic E-state index is 9.81. The molecule has 4 heteroatoms. The molecule has 104 valence electrons. The first-order chi connectivity index (χ1) is 9.17. The van der Waals surface area contributed by atoms with E-state index in [0.717, 1.165) is 31.1 Å². The topological polar surface area (TPSA) is 58.7 Å². The van der Waals surface area contributed by atoms with E-state index in [4.69, 9.17) is 10.5 Å². The Hall–Kier alpha value is -1.26. The van der Waals surface area contributed by atoms with Crippen LogP contribution in [0.4, 0.5) is 0 Å². The number of fused-ring (bicyclic) bond motifs is 1. The zero-order valence-electron chi connectivity index (χ0n) is 11.4. The molecule has 19 heavy (non-hydrogen) atoms. The van der Waals surface area contributed by atoms with Gasteiger partial charge in [-0.05, 0) is 42.4 Å². The molecule has 1 aliphatic heterocycles. The number of methoxy groups -OCH3 is 1. The van der Waals surface area contributed by atoms with Crippen LogP contribution in [0.3, 0.4) is 0 Å². The predicted octanol–water partition coefficient (Wildman–Crippen LogP) is 1.57. The number of hydrogen-bond donors (Lipinski definition) is 2. The third-order valence-electron chi connectivity index (χ3n) is 4.64. The number of likely N-dealkylation sites (tertiary alicyclic amines) is 1. The van der Waals surface area contributed by atoms with Gasteiger partial charge >= 0.3 is 0 Å². The van der Waals surface area contributed by atoms with Crippen molar-refractivity contribution in [3.05, 3.63) is 23.8 Å². The minimum absolute atomic E-state index is 0.219. The molecule has 1 aliphatic carbocycles. The molecule has 3 rings (SSSR count). The van der Waals surface area contributed by atoms with Crippen LogP contribution in [0, 0.1) is 11.8 Å². The average molecular weight is 262 g/mol. The number of phenolic OH excluding ortho intramolecular Hbond substituents is 1. The van der Waals surface area contributed by atoms with Crippen LogP contribution >= 0.6 is 0 Å². The molecule has 2 aliphatic rings. The van der Waals surface area contributed by atoms with E-state index >= 15 is 0 Å². The van der Waals surface area contributed by atoms with Crippen molar-refractivity contribution in [3.63, 3.8) is 0 Å². The van der Waals surface area contributed by atoms with E-state index < -0.39 is 0 Å². The van der Waals surface area contributed by atoms with Crippen LogP contribution in [0.15, 0.2) is 18.2 Å². The van der Waals surface area contributed by atoms with Crippen molar-refractivity contribution in [2.24, 2.45) is 17.6 Å². The van der Waals surface area contributed by atoms with E-state index in [1.807, 2.05) is 12.1 Å². The number of rotatable bonds is 3. The molecule has 3 N–H and O–H groups in total. The van der Waals surface area contributed by atoms with E-state index in [-0.39, 0.29) is 5.75 Å². The van der Waals surface area contributed by atoms with Crippen molar-refractivity contribution in [1.29, 1.82) is 0 Å². The van der Waals surface area contributed by atoms with Crippen LogP contribution in [-0.2, 0) is 6.54 Å². The SMILES string of the molecule is COc1ccc(CN2CC3CCC(N)C3C2)cc1O. The van der Waals surface area contributed by atoms with Crippen molar-refractivity contribution in [1.82, 2.24) is 4.90 Å². The van der Waals surface area contributed by atoms with Crippen molar-refractivity contribution in [2.75, 3.05) is 20.2 Å². The minimum atomic E-state index is 0.219. The summed E-state index contributed by atoms with van der Waals surface area (Å²) >= 11 is 0. The predicted molar refractivity (Wildman–Crippen MR) is 74.1 cm³/mol. The van der Waals surface area contributed by atoms with Crippen molar-refractivity contribution < 1.29 is 9.84 Å². The van der Waals surface area contributed by atoms with Gasteiger partial charge in [0.2, 0.25) is 0 Å². The van der Waals surface area contributed by atoms with E-state index in [2.05, 4.69) is 4.90 Å². The number of phenols is 1. The number of nitrogens with two attached hydrogens (primary N) is 1. The second-order valence-electron chi connectivity index (χ2n) is 5.87. The number of benzene rings is 1. The molecule has 0 amide bonds. The highest BCUT2D eigenvalue weighted by Crippen LogP contribution is 2.38. The van der Waals surface area contributed by atoms with Gasteiger partial charge in [-0.2, -0.15) is 0 Å². The fourth-order valence-corrected chi connectivity index (χ4v) is 3.62. The molecule has 3 unspecified atom stereocenters. The van der Waals surface area contributed by atoms with Gasteiger partial charge in [-0.25, -0.2) is 0 Å². The smallest absolute Gasteiger partial charge is 0.160 e. The lowest BCUT2D eigenvalue weighted by atomic mass is 9.98. The van der Waals surface area contributed by atoms with Gasteiger partial charge in [-0.1, -0.05) is 6.07 Å². The number of nitrogens with zero attached hydrogens (tertiary/aromatic N) is 1. The molecular formula is C15H22N2O2. The summed E-state index contributed by atoms with van der Waals surface area (Å²) in [6.07, 6.45) is 2.46. The lowest BCUT2D eigenvalue weighted by Gasteiger charge is -2.18. The third kappa shape index (κ3) is 2.42. The lowest BCUT2D eigenvalue weighted by Crippen LogP contribution is -2.30. The Morgan fingerprint density at radius 2 is 2.21 bits per heavy atom. The van der Waals surface area contributed by atoms with Gasteiger partial charge in [0.05, 0.1) is 7.11 Å². The molecule has 2 fully saturated rings. The van der Waals surface area contributed by atoms with Gasteiger partial charge in [-0.3, -0.25) is 4.90 Å². The zero-order valence-corrected chi connectivity index (χ0v) is 11.4. The fourth-order valence-electron chi connectivity index (χ4n) is 3.62. The van der Waals surface area contributed by atoms with Crippen molar-refractivity contribution in [3.8, 4) is 11.5 Å². The highest BCUT2D eigenvalue weighted by molar-refractivity contribution is 5.41. The van der Waals surface area contributed by atoms with Crippen molar-refractivity contribution in [2.45, 2.75) is 25.4 Å². The third-order valence-corrected chi connectivity index (χ3v) is 4.64. The van der Waals surface area contributed by atoms with Gasteiger partial charge in [0, 0.05) is 25.7 Å². The zero-order chi connectivity index (χ0) is 13.4. The van der Waals surface area contributed by atoms with Crippen LogP contribution in [-0.4, -0.2) is 36.2 Å². The van der Waals surface area contributed by atoms with Gasteiger partial charge in [0.25, 0.3) is 0 Å². The van der Waals surface area contributed by atoms with Crippen molar-refractivity contribution >= 4 is 0 Å². The molecule has 1 saturated heterocycles. The summed E-state index contributed by atoms with van der Waals surface area (Å²) in [5.74, 6) is 2.20. The van der Waals surface area contributed by atoms with Crippen LogP contribution < -0.4 is 10.5 Å². The van der Waals surface area contributed by atoms with Gasteiger partial charge in [-0.15, -0.1) is 0 Å². The first kappa shape index (κ1) is 12.8. The largest absolute Gasteiger partial charge is 0.504 e. The summed E-state index contributed by atoms with van der Waals surface area (Å²) in [4.78, 5) is 2.45. The second kappa shape index (κ2) is 5.02. The summed E-state index contributed by atoms with van der Waals surface area (Å²) in [5, 5.41) is 9.81. The molecule has 3 atom stereocenters. The van der Waals surface area contributed by atoms with Gasteiger partial charge in [0.15, 0.2) is 11.5 Å². The summed E-state index contributed by atoms with van der Waals surface area (Å²) in [7, 11) is 1.57. The molecule has 1 aromatic rings. The minimum Gasteiger partial charge on any atom is -0.504 e. The summed E-state index contributed by atoms with van der Waals surface area (Å²) in [6.45, 7) is 3.13. The van der Waals surface area contributed by atoms with Crippen LogP contribution in [0.5, 0.6) is 11.5 Å². The fraction of sp³-hybridized carbons (Fsp3) is 0.600. The van der Waals surface area contributed by atoms with Crippen LogP contribution in [0.25, 0.3) is 0 Å². The Morgan fingerprint density at radius 3 is 2.89 bits per heavy atom. The molecular weight excluding hydrogens is 240 g/mol. The van der Waals surface area contributed by atoms with Crippen LogP contribution in [0.1, 0.15) is 18.4 Å². The Balaban J connectivity index is 1.65. The van der Waals surface area contributed by atoms with Crippen LogP contribution in [0.2, 0.25) is 0 Å². The average Bonchev–Trinajstić information content (AvgIpc) is 2.92. The molecule has 0 radical (unpaired) electrons. The summed E-state index contributed by atoms with van der Waals surface area (Å²) in [5.41, 5.74) is 7.29. The highest BCUT2D eigenvalue weighted by Gasteiger charge is 2.40. The Kier molecular flexibility index (Phi) is 3.37. The highest BCUT2D eigenvalue weighted by atomic mass is 16.5. The monoisotopic (exact) mass is 262 g/mol. The maximum absolute atomic E-state index is 9.81. The summed E-state index contributed by atoms with van der Waals surface area (Å²) in [6, 6.07) is 6.03. The van der Waals surface area contributed by atoms with E-state index in [1.54, 1.807) is 13.2 Å². The van der Waals surface area contributed by atoms with E-state index in [9.17, 15) is 5.11 Å². The maximum Gasteiger partial charge on any atom is 0.160 e. The Labute approximate surface area is 114 Å². The number of ether oxygens (including phenoxy) is 1. The molecule has 1 aromatic carbocycles. The van der Waals surface area contributed by atoms with E-state index in [1.165, 1.54) is 12.8 Å². The molecule has 1 saturated carbocycles. The summed E-state index contributed by atoms with van der Waals surface area (Å²) < 4.78 is 5.06. The number of hydrogen-bond acceptors (Lipinski definition) is 4. The first-order valence-corrected chi connectivity index (χ1v) is 7.01. The van der Waals surface area contributed by atoms with Gasteiger partial charge in [0.1, 0.15) is 0 Å². The second-order valence-corrected chi connectivity index (χ2v) is 5.87. The Morgan fingerprint density at radius 1 is 1.37 bits per heavy atom. The molecule has 0 spiro atoms. The lowest BCUT2D eigenvalue weighted by molar-refractivity contribution is 0.297. The first-order valence-electron chi connectivity index (χ1n) is 7.01. The van der Waals surface area contributed by atoms with E-state index in [0.29, 0.717) is 17.7 Å². The molecule has 4 nitrogen and oxygen atoms in total. The Bertz CT molecular complexity index is 463. The standard InChI is InChI=1S/C15H22N2O2/c1-19-15-5-2-10(6-14(15)18)7-17-8-11-3-4-13(16)12(11)9-17/h2,5-6,11-13,18H,3-4,7-9,16H2,1H3. The van der Waals surface area contributed by atoms with Gasteiger partial charge < -0.3 is 15.6 Å². The number of aromatic hydroxyl groups is 1. The molecule has 0 aromatic heterocycles.